The minimum Gasteiger partial charge on any atom is -0.379 e. The van der Waals surface area contributed by atoms with Crippen molar-refractivity contribution in [2.24, 2.45) is 5.92 Å². The SMILES string of the molecule is O=C(CCCN1CCCC1=O)NC1COCC1Cc1ccnc2ccccc12. The van der Waals surface area contributed by atoms with Crippen LogP contribution in [0.15, 0.2) is 36.5 Å². The lowest BCUT2D eigenvalue weighted by atomic mass is 9.93. The molecule has 3 heterocycles. The molecule has 2 aliphatic heterocycles. The molecule has 6 nitrogen and oxygen atoms in total. The molecule has 0 radical (unpaired) electrons. The third-order valence-corrected chi connectivity index (χ3v) is 5.77. The molecule has 0 saturated carbocycles. The van der Waals surface area contributed by atoms with Gasteiger partial charge in [-0.25, -0.2) is 0 Å². The number of benzene rings is 1. The Morgan fingerprint density at radius 2 is 2.14 bits per heavy atom. The van der Waals surface area contributed by atoms with Crippen molar-refractivity contribution in [2.45, 2.75) is 38.1 Å². The van der Waals surface area contributed by atoms with Gasteiger partial charge in [0.25, 0.3) is 0 Å². The molecule has 148 valence electrons. The van der Waals surface area contributed by atoms with Gasteiger partial charge in [-0.05, 0) is 37.0 Å². The molecule has 2 amide bonds. The summed E-state index contributed by atoms with van der Waals surface area (Å²) in [6.45, 7) is 2.73. The molecule has 1 N–H and O–H groups in total. The largest absolute Gasteiger partial charge is 0.379 e. The average molecular weight is 381 g/mol. The van der Waals surface area contributed by atoms with E-state index in [-0.39, 0.29) is 23.8 Å². The number of ether oxygens (including phenoxy) is 1. The second kappa shape index (κ2) is 8.69. The van der Waals surface area contributed by atoms with Gasteiger partial charge in [-0.2, -0.15) is 0 Å². The van der Waals surface area contributed by atoms with E-state index in [0.29, 0.717) is 39.0 Å². The summed E-state index contributed by atoms with van der Waals surface area (Å²) in [5.41, 5.74) is 2.24. The van der Waals surface area contributed by atoms with Gasteiger partial charge in [0, 0.05) is 43.4 Å². The van der Waals surface area contributed by atoms with Crippen LogP contribution in [0.4, 0.5) is 0 Å². The third-order valence-electron chi connectivity index (χ3n) is 5.77. The highest BCUT2D eigenvalue weighted by Crippen LogP contribution is 2.24. The molecule has 1 aromatic heterocycles. The summed E-state index contributed by atoms with van der Waals surface area (Å²) in [7, 11) is 0. The summed E-state index contributed by atoms with van der Waals surface area (Å²) in [6.07, 6.45) is 5.46. The third kappa shape index (κ3) is 4.33. The number of aromatic nitrogens is 1. The number of pyridine rings is 1. The van der Waals surface area contributed by atoms with E-state index in [0.717, 1.165) is 30.3 Å². The maximum absolute atomic E-state index is 12.4. The van der Waals surface area contributed by atoms with Crippen LogP contribution in [-0.4, -0.2) is 54.0 Å². The molecular formula is C22H27N3O3. The summed E-state index contributed by atoms with van der Waals surface area (Å²) in [5.74, 6) is 0.524. The van der Waals surface area contributed by atoms with Crippen LogP contribution in [0.5, 0.6) is 0 Å². The number of carbonyl (C=O) groups is 2. The van der Waals surface area contributed by atoms with Gasteiger partial charge in [-0.3, -0.25) is 14.6 Å². The fourth-order valence-corrected chi connectivity index (χ4v) is 4.22. The first kappa shape index (κ1) is 18.9. The molecule has 6 heteroatoms. The normalized spacial score (nSPS) is 22.1. The predicted octanol–water partition coefficient (Wildman–Crippen LogP) is 2.31. The molecule has 4 rings (SSSR count). The average Bonchev–Trinajstić information content (AvgIpc) is 3.31. The Bertz CT molecular complexity index is 849. The number of carbonyl (C=O) groups excluding carboxylic acids is 2. The zero-order valence-corrected chi connectivity index (χ0v) is 16.1. The fourth-order valence-electron chi connectivity index (χ4n) is 4.22. The first-order valence-electron chi connectivity index (χ1n) is 10.2. The maximum Gasteiger partial charge on any atom is 0.222 e. The van der Waals surface area contributed by atoms with Crippen molar-refractivity contribution >= 4 is 22.7 Å². The molecule has 2 saturated heterocycles. The number of amides is 2. The summed E-state index contributed by atoms with van der Waals surface area (Å²) in [6, 6.07) is 10.2. The lowest BCUT2D eigenvalue weighted by molar-refractivity contribution is -0.128. The van der Waals surface area contributed by atoms with Crippen LogP contribution in [0.1, 0.15) is 31.2 Å². The highest BCUT2D eigenvalue weighted by Gasteiger charge is 2.30. The van der Waals surface area contributed by atoms with Crippen LogP contribution in [0.3, 0.4) is 0 Å². The molecule has 0 spiro atoms. The van der Waals surface area contributed by atoms with E-state index in [2.05, 4.69) is 22.4 Å². The summed E-state index contributed by atoms with van der Waals surface area (Å²) in [4.78, 5) is 30.3. The maximum atomic E-state index is 12.4. The molecule has 2 atom stereocenters. The second-order valence-corrected chi connectivity index (χ2v) is 7.75. The van der Waals surface area contributed by atoms with E-state index >= 15 is 0 Å². The highest BCUT2D eigenvalue weighted by atomic mass is 16.5. The van der Waals surface area contributed by atoms with Gasteiger partial charge >= 0.3 is 0 Å². The zero-order valence-electron chi connectivity index (χ0n) is 16.1. The quantitative estimate of drug-likeness (QED) is 0.799. The van der Waals surface area contributed by atoms with Crippen molar-refractivity contribution in [1.82, 2.24) is 15.2 Å². The lowest BCUT2D eigenvalue weighted by Gasteiger charge is -2.20. The van der Waals surface area contributed by atoms with Gasteiger partial charge in [-0.1, -0.05) is 18.2 Å². The lowest BCUT2D eigenvalue weighted by Crippen LogP contribution is -2.40. The summed E-state index contributed by atoms with van der Waals surface area (Å²) < 4.78 is 5.67. The standard InChI is InChI=1S/C22H27N3O3/c26-21(7-3-11-25-12-4-8-22(25)27)24-20-15-28-14-17(20)13-16-9-10-23-19-6-2-1-5-18(16)19/h1-2,5-6,9-10,17,20H,3-4,7-8,11-15H2,(H,24,26). The summed E-state index contributed by atoms with van der Waals surface area (Å²) in [5, 5.41) is 4.31. The Hall–Kier alpha value is -2.47. The molecule has 0 aliphatic carbocycles. The Morgan fingerprint density at radius 3 is 3.00 bits per heavy atom. The van der Waals surface area contributed by atoms with Crippen molar-refractivity contribution in [3.05, 3.63) is 42.1 Å². The van der Waals surface area contributed by atoms with Crippen molar-refractivity contribution in [1.29, 1.82) is 0 Å². The van der Waals surface area contributed by atoms with Crippen molar-refractivity contribution in [3.63, 3.8) is 0 Å². The Labute approximate surface area is 165 Å². The van der Waals surface area contributed by atoms with Crippen LogP contribution in [0.25, 0.3) is 10.9 Å². The van der Waals surface area contributed by atoms with Gasteiger partial charge in [-0.15, -0.1) is 0 Å². The molecular weight excluding hydrogens is 354 g/mol. The van der Waals surface area contributed by atoms with E-state index in [9.17, 15) is 9.59 Å². The first-order valence-corrected chi connectivity index (χ1v) is 10.2. The minimum atomic E-state index is 0.0350. The van der Waals surface area contributed by atoms with Gasteiger partial charge in [0.1, 0.15) is 0 Å². The predicted molar refractivity (Wildman–Crippen MR) is 107 cm³/mol. The molecule has 0 bridgehead atoms. The van der Waals surface area contributed by atoms with Crippen LogP contribution in [-0.2, 0) is 20.7 Å². The van der Waals surface area contributed by atoms with Gasteiger partial charge < -0.3 is 15.0 Å². The Kier molecular flexibility index (Phi) is 5.86. The molecule has 28 heavy (non-hydrogen) atoms. The monoisotopic (exact) mass is 381 g/mol. The fraction of sp³-hybridized carbons (Fsp3) is 0.500. The van der Waals surface area contributed by atoms with Gasteiger partial charge in [0.2, 0.25) is 11.8 Å². The molecule has 2 aliphatic rings. The number of para-hydroxylation sites is 1. The van der Waals surface area contributed by atoms with Crippen LogP contribution in [0, 0.1) is 5.92 Å². The highest BCUT2D eigenvalue weighted by molar-refractivity contribution is 5.82. The van der Waals surface area contributed by atoms with Crippen LogP contribution in [0.2, 0.25) is 0 Å². The number of likely N-dealkylation sites (tertiary alicyclic amines) is 1. The first-order chi connectivity index (χ1) is 13.7. The topological polar surface area (TPSA) is 71.5 Å². The minimum absolute atomic E-state index is 0.0350. The summed E-state index contributed by atoms with van der Waals surface area (Å²) >= 11 is 0. The van der Waals surface area contributed by atoms with Gasteiger partial charge in [0.15, 0.2) is 0 Å². The molecule has 2 aromatic rings. The van der Waals surface area contributed by atoms with Crippen molar-refractivity contribution in [2.75, 3.05) is 26.3 Å². The number of hydrogen-bond donors (Lipinski definition) is 1. The number of nitrogens with one attached hydrogen (secondary N) is 1. The zero-order chi connectivity index (χ0) is 19.3. The smallest absolute Gasteiger partial charge is 0.222 e. The number of fused-ring (bicyclic) bond motifs is 1. The van der Waals surface area contributed by atoms with E-state index in [1.807, 2.05) is 29.3 Å². The van der Waals surface area contributed by atoms with E-state index < -0.39 is 0 Å². The van der Waals surface area contributed by atoms with Crippen LogP contribution >= 0.6 is 0 Å². The molecule has 1 aromatic carbocycles. The molecule has 2 fully saturated rings. The number of hydrogen-bond acceptors (Lipinski definition) is 4. The second-order valence-electron chi connectivity index (χ2n) is 7.75. The molecule has 2 unspecified atom stereocenters. The van der Waals surface area contributed by atoms with Crippen molar-refractivity contribution in [3.8, 4) is 0 Å². The number of nitrogens with zero attached hydrogens (tertiary/aromatic N) is 2. The van der Waals surface area contributed by atoms with Crippen LogP contribution < -0.4 is 5.32 Å². The Balaban J connectivity index is 1.30. The van der Waals surface area contributed by atoms with Gasteiger partial charge in [0.05, 0.1) is 24.8 Å². The number of rotatable bonds is 7. The van der Waals surface area contributed by atoms with E-state index in [4.69, 9.17) is 4.74 Å². The van der Waals surface area contributed by atoms with E-state index in [1.165, 1.54) is 5.56 Å². The van der Waals surface area contributed by atoms with E-state index in [1.54, 1.807) is 0 Å². The Morgan fingerprint density at radius 1 is 1.25 bits per heavy atom. The van der Waals surface area contributed by atoms with Crippen molar-refractivity contribution < 1.29 is 14.3 Å².